The summed E-state index contributed by atoms with van der Waals surface area (Å²) >= 11 is 7.49. The molecule has 0 aliphatic rings. The predicted octanol–water partition coefficient (Wildman–Crippen LogP) is 5.43. The number of Topliss-reactive ketones (excluding diaryl/α,β-unsaturated/α-hetero) is 1. The van der Waals surface area contributed by atoms with Crippen molar-refractivity contribution in [1.29, 1.82) is 0 Å². The number of rotatable bonds is 6. The number of carbonyl (C=O) groups excluding carboxylic acids is 1. The van der Waals surface area contributed by atoms with Gasteiger partial charge in [0.2, 0.25) is 0 Å². The standard InChI is InChI=1S/C21H20ClNO2S/c1-14(19-8-7-18(22)12-23-19)11-20(24)21(2,25)17-5-3-15(4-6-17)16-9-10-26-13-16/h3-10,12-14,25H,11H2,1-2H3/t14-,21?/m0/s1. The molecule has 3 aromatic rings. The Morgan fingerprint density at radius 2 is 1.92 bits per heavy atom. The van der Waals surface area contributed by atoms with E-state index in [1.165, 1.54) is 0 Å². The van der Waals surface area contributed by atoms with Gasteiger partial charge in [-0.1, -0.05) is 42.8 Å². The molecule has 2 aromatic heterocycles. The maximum atomic E-state index is 12.7. The number of ketones is 1. The van der Waals surface area contributed by atoms with Crippen LogP contribution in [-0.2, 0) is 10.4 Å². The molecular formula is C21H20ClNO2S. The lowest BCUT2D eigenvalue weighted by Gasteiger charge is -2.24. The fourth-order valence-electron chi connectivity index (χ4n) is 2.84. The highest BCUT2D eigenvalue weighted by atomic mass is 35.5. The molecule has 0 radical (unpaired) electrons. The van der Waals surface area contributed by atoms with Crippen LogP contribution in [0.4, 0.5) is 0 Å². The molecule has 3 rings (SSSR count). The van der Waals surface area contributed by atoms with Crippen LogP contribution in [0.2, 0.25) is 5.02 Å². The number of nitrogens with zero attached hydrogens (tertiary/aromatic N) is 1. The second kappa shape index (κ2) is 7.70. The molecule has 26 heavy (non-hydrogen) atoms. The van der Waals surface area contributed by atoms with Crippen LogP contribution in [-0.4, -0.2) is 15.9 Å². The molecule has 3 nitrogen and oxygen atoms in total. The Labute approximate surface area is 162 Å². The Morgan fingerprint density at radius 1 is 1.19 bits per heavy atom. The molecule has 2 heterocycles. The van der Waals surface area contributed by atoms with Crippen molar-refractivity contribution >= 4 is 28.7 Å². The summed E-state index contributed by atoms with van der Waals surface area (Å²) in [5, 5.41) is 15.5. The van der Waals surface area contributed by atoms with E-state index in [0.29, 0.717) is 10.6 Å². The van der Waals surface area contributed by atoms with E-state index in [2.05, 4.69) is 10.4 Å². The van der Waals surface area contributed by atoms with Gasteiger partial charge in [0.15, 0.2) is 5.78 Å². The number of halogens is 1. The Hall–Kier alpha value is -2.01. The van der Waals surface area contributed by atoms with Gasteiger partial charge in [0.05, 0.1) is 5.02 Å². The van der Waals surface area contributed by atoms with Crippen molar-refractivity contribution in [3.05, 3.63) is 75.7 Å². The van der Waals surface area contributed by atoms with Gasteiger partial charge in [-0.15, -0.1) is 0 Å². The van der Waals surface area contributed by atoms with Crippen LogP contribution >= 0.6 is 22.9 Å². The van der Waals surface area contributed by atoms with E-state index >= 15 is 0 Å². The summed E-state index contributed by atoms with van der Waals surface area (Å²) in [5.74, 6) is -0.332. The van der Waals surface area contributed by atoms with Crippen molar-refractivity contribution < 1.29 is 9.90 Å². The molecule has 0 saturated heterocycles. The minimum absolute atomic E-state index is 0.101. The van der Waals surface area contributed by atoms with Crippen LogP contribution in [0.15, 0.2) is 59.4 Å². The fourth-order valence-corrected chi connectivity index (χ4v) is 3.61. The molecule has 5 heteroatoms. The van der Waals surface area contributed by atoms with Crippen molar-refractivity contribution in [2.45, 2.75) is 31.8 Å². The number of aromatic nitrogens is 1. The highest BCUT2D eigenvalue weighted by Gasteiger charge is 2.33. The smallest absolute Gasteiger partial charge is 0.169 e. The zero-order valence-electron chi connectivity index (χ0n) is 14.6. The first kappa shape index (κ1) is 18.8. The van der Waals surface area contributed by atoms with Gasteiger partial charge in [-0.3, -0.25) is 9.78 Å². The third-order valence-electron chi connectivity index (χ3n) is 4.59. The second-order valence-electron chi connectivity index (χ2n) is 6.59. The van der Waals surface area contributed by atoms with Crippen molar-refractivity contribution in [3.63, 3.8) is 0 Å². The number of hydrogen-bond acceptors (Lipinski definition) is 4. The third-order valence-corrected chi connectivity index (χ3v) is 5.50. The van der Waals surface area contributed by atoms with Gasteiger partial charge in [0.1, 0.15) is 5.60 Å². The molecule has 0 fully saturated rings. The number of hydrogen-bond donors (Lipinski definition) is 1. The Kier molecular flexibility index (Phi) is 5.56. The topological polar surface area (TPSA) is 50.2 Å². The van der Waals surface area contributed by atoms with Crippen molar-refractivity contribution in [1.82, 2.24) is 4.98 Å². The van der Waals surface area contributed by atoms with Crippen LogP contribution in [0.25, 0.3) is 11.1 Å². The Bertz CT molecular complexity index is 871. The molecule has 1 unspecified atom stereocenters. The van der Waals surface area contributed by atoms with Crippen LogP contribution in [0.1, 0.15) is 37.4 Å². The molecule has 0 amide bonds. The number of aliphatic hydroxyl groups is 1. The summed E-state index contributed by atoms with van der Waals surface area (Å²) in [5.41, 5.74) is 2.05. The van der Waals surface area contributed by atoms with Crippen molar-refractivity contribution in [3.8, 4) is 11.1 Å². The van der Waals surface area contributed by atoms with E-state index in [4.69, 9.17) is 11.6 Å². The molecular weight excluding hydrogens is 366 g/mol. The number of thiophene rings is 1. The Morgan fingerprint density at radius 3 is 2.50 bits per heavy atom. The van der Waals surface area contributed by atoms with E-state index in [-0.39, 0.29) is 18.1 Å². The number of pyridine rings is 1. The van der Waals surface area contributed by atoms with E-state index < -0.39 is 5.60 Å². The number of carbonyl (C=O) groups is 1. The molecule has 0 bridgehead atoms. The van der Waals surface area contributed by atoms with Crippen molar-refractivity contribution in [2.75, 3.05) is 0 Å². The average molecular weight is 386 g/mol. The summed E-state index contributed by atoms with van der Waals surface area (Å²) in [4.78, 5) is 17.0. The quantitative estimate of drug-likeness (QED) is 0.615. The van der Waals surface area contributed by atoms with Gasteiger partial charge in [0, 0.05) is 24.2 Å². The van der Waals surface area contributed by atoms with Crippen LogP contribution in [0.5, 0.6) is 0 Å². The van der Waals surface area contributed by atoms with Crippen molar-refractivity contribution in [2.24, 2.45) is 0 Å². The fraction of sp³-hybridized carbons (Fsp3) is 0.238. The average Bonchev–Trinajstić information content (AvgIpc) is 3.17. The first-order chi connectivity index (χ1) is 12.4. The van der Waals surface area contributed by atoms with Gasteiger partial charge in [-0.25, -0.2) is 0 Å². The second-order valence-corrected chi connectivity index (χ2v) is 7.81. The van der Waals surface area contributed by atoms with E-state index in [1.54, 1.807) is 30.5 Å². The SMILES string of the molecule is C[C@@H](CC(=O)C(C)(O)c1ccc(-c2ccsc2)cc1)c1ccc(Cl)cn1. The van der Waals surface area contributed by atoms with E-state index in [9.17, 15) is 9.90 Å². The summed E-state index contributed by atoms with van der Waals surface area (Å²) in [6.07, 6.45) is 1.77. The largest absolute Gasteiger partial charge is 0.378 e. The summed E-state index contributed by atoms with van der Waals surface area (Å²) in [7, 11) is 0. The summed E-state index contributed by atoms with van der Waals surface area (Å²) in [6.45, 7) is 3.47. The highest BCUT2D eigenvalue weighted by molar-refractivity contribution is 7.08. The molecule has 0 aliphatic carbocycles. The minimum atomic E-state index is -1.53. The van der Waals surface area contributed by atoms with E-state index in [1.807, 2.05) is 48.7 Å². The lowest BCUT2D eigenvalue weighted by atomic mass is 9.85. The molecule has 2 atom stereocenters. The van der Waals surface area contributed by atoms with Crippen LogP contribution < -0.4 is 0 Å². The highest BCUT2D eigenvalue weighted by Crippen LogP contribution is 2.30. The van der Waals surface area contributed by atoms with Gasteiger partial charge in [-0.2, -0.15) is 11.3 Å². The lowest BCUT2D eigenvalue weighted by molar-refractivity contribution is -0.137. The normalized spacial score (nSPS) is 14.6. The molecule has 0 spiro atoms. The molecule has 134 valence electrons. The Balaban J connectivity index is 1.74. The maximum absolute atomic E-state index is 12.7. The lowest BCUT2D eigenvalue weighted by Crippen LogP contribution is -2.33. The van der Waals surface area contributed by atoms with Crippen LogP contribution in [0.3, 0.4) is 0 Å². The summed E-state index contributed by atoms with van der Waals surface area (Å²) in [6, 6.07) is 13.1. The summed E-state index contributed by atoms with van der Waals surface area (Å²) < 4.78 is 0. The predicted molar refractivity (Wildman–Crippen MR) is 107 cm³/mol. The minimum Gasteiger partial charge on any atom is -0.378 e. The van der Waals surface area contributed by atoms with Gasteiger partial charge in [-0.05, 0) is 52.6 Å². The van der Waals surface area contributed by atoms with Gasteiger partial charge >= 0.3 is 0 Å². The molecule has 1 aromatic carbocycles. The van der Waals surface area contributed by atoms with Gasteiger partial charge in [0.25, 0.3) is 0 Å². The molecule has 1 N–H and O–H groups in total. The maximum Gasteiger partial charge on any atom is 0.169 e. The number of benzene rings is 1. The zero-order chi connectivity index (χ0) is 18.7. The monoisotopic (exact) mass is 385 g/mol. The molecule has 0 aliphatic heterocycles. The van der Waals surface area contributed by atoms with E-state index in [0.717, 1.165) is 16.8 Å². The molecule has 0 saturated carbocycles. The third kappa shape index (κ3) is 4.04. The first-order valence-corrected chi connectivity index (χ1v) is 9.70. The first-order valence-electron chi connectivity index (χ1n) is 8.38. The zero-order valence-corrected chi connectivity index (χ0v) is 16.2. The van der Waals surface area contributed by atoms with Crippen LogP contribution in [0, 0.1) is 0 Å². The van der Waals surface area contributed by atoms with Gasteiger partial charge < -0.3 is 5.11 Å².